The highest BCUT2D eigenvalue weighted by atomic mass is 35.5. The van der Waals surface area contributed by atoms with Crippen molar-refractivity contribution in [2.45, 2.75) is 18.5 Å². The lowest BCUT2D eigenvalue weighted by atomic mass is 10.0. The molecule has 2 rings (SSSR count). The molecule has 0 radical (unpaired) electrons. The number of aliphatic carboxylic acids is 1. The van der Waals surface area contributed by atoms with Crippen LogP contribution in [0.3, 0.4) is 0 Å². The van der Waals surface area contributed by atoms with Gasteiger partial charge >= 0.3 is 5.97 Å². The van der Waals surface area contributed by atoms with Gasteiger partial charge in [0.25, 0.3) is 0 Å². The molecule has 1 fully saturated rings. The molecular formula is C9H12ClN3O2. The summed E-state index contributed by atoms with van der Waals surface area (Å²) in [4.78, 5) is 14.6. The first kappa shape index (κ1) is 11.9. The van der Waals surface area contributed by atoms with E-state index in [9.17, 15) is 4.79 Å². The number of pyridine rings is 1. The quantitative estimate of drug-likeness (QED) is 0.689. The number of nitrogens with zero attached hydrogens (tertiary/aromatic N) is 1. The van der Waals surface area contributed by atoms with E-state index in [0.29, 0.717) is 6.42 Å². The summed E-state index contributed by atoms with van der Waals surface area (Å²) in [5.41, 5.74) is 6.66. The number of rotatable bonds is 2. The molecule has 0 bridgehead atoms. The van der Waals surface area contributed by atoms with Gasteiger partial charge in [0.2, 0.25) is 0 Å². The van der Waals surface area contributed by atoms with Gasteiger partial charge in [-0.1, -0.05) is 6.07 Å². The zero-order valence-corrected chi connectivity index (χ0v) is 8.70. The van der Waals surface area contributed by atoms with Crippen LogP contribution in [0.1, 0.15) is 18.0 Å². The zero-order chi connectivity index (χ0) is 9.97. The average molecular weight is 230 g/mol. The second kappa shape index (κ2) is 5.06. The highest BCUT2D eigenvalue weighted by Crippen LogP contribution is 2.20. The average Bonchev–Trinajstić information content (AvgIpc) is 2.68. The molecule has 1 aromatic rings. The fourth-order valence-corrected chi connectivity index (χ4v) is 1.52. The Morgan fingerprint density at radius 3 is 2.87 bits per heavy atom. The largest absolute Gasteiger partial charge is 0.480 e. The van der Waals surface area contributed by atoms with Gasteiger partial charge < -0.3 is 5.11 Å². The fraction of sp³-hybridized carbons (Fsp3) is 0.333. The van der Waals surface area contributed by atoms with Crippen LogP contribution in [-0.4, -0.2) is 22.1 Å². The number of hydrogen-bond donors (Lipinski definition) is 3. The Bertz CT molecular complexity index is 333. The van der Waals surface area contributed by atoms with E-state index in [-0.39, 0.29) is 18.4 Å². The smallest absolute Gasteiger partial charge is 0.322 e. The van der Waals surface area contributed by atoms with Crippen molar-refractivity contribution < 1.29 is 9.90 Å². The molecule has 0 amide bonds. The molecule has 1 saturated heterocycles. The van der Waals surface area contributed by atoms with E-state index in [4.69, 9.17) is 5.11 Å². The van der Waals surface area contributed by atoms with Crippen LogP contribution < -0.4 is 10.9 Å². The molecule has 0 spiro atoms. The summed E-state index contributed by atoms with van der Waals surface area (Å²) in [6, 6.07) is 3.28. The van der Waals surface area contributed by atoms with Gasteiger partial charge in [0.1, 0.15) is 6.04 Å². The maximum Gasteiger partial charge on any atom is 0.322 e. The van der Waals surface area contributed by atoms with Gasteiger partial charge in [-0.15, -0.1) is 12.4 Å². The van der Waals surface area contributed by atoms with Crippen LogP contribution in [-0.2, 0) is 4.79 Å². The van der Waals surface area contributed by atoms with E-state index in [2.05, 4.69) is 15.8 Å². The second-order valence-electron chi connectivity index (χ2n) is 3.25. The minimum absolute atomic E-state index is 0. The Balaban J connectivity index is 0.00000112. The maximum absolute atomic E-state index is 10.7. The van der Waals surface area contributed by atoms with Gasteiger partial charge in [-0.05, 0) is 18.1 Å². The van der Waals surface area contributed by atoms with Crippen LogP contribution >= 0.6 is 12.4 Å². The van der Waals surface area contributed by atoms with Gasteiger partial charge in [0.05, 0.1) is 0 Å². The van der Waals surface area contributed by atoms with Crippen LogP contribution in [0.5, 0.6) is 0 Å². The standard InChI is InChI=1S/C9H11N3O2.ClH/c13-9(14)8-4-7(11-12-8)6-2-1-3-10-5-6;/h1-3,5,7-8,11-12H,4H2,(H,13,14);1H. The number of hydrazine groups is 1. The van der Waals surface area contributed by atoms with E-state index < -0.39 is 12.0 Å². The summed E-state index contributed by atoms with van der Waals surface area (Å²) < 4.78 is 0. The van der Waals surface area contributed by atoms with Crippen molar-refractivity contribution >= 4 is 18.4 Å². The molecule has 3 N–H and O–H groups in total. The minimum atomic E-state index is -0.830. The van der Waals surface area contributed by atoms with E-state index in [1.807, 2.05) is 12.1 Å². The third-order valence-electron chi connectivity index (χ3n) is 2.29. The van der Waals surface area contributed by atoms with Crippen molar-refractivity contribution in [1.82, 2.24) is 15.8 Å². The third-order valence-corrected chi connectivity index (χ3v) is 2.29. The summed E-state index contributed by atoms with van der Waals surface area (Å²) in [6.07, 6.45) is 3.98. The van der Waals surface area contributed by atoms with Crippen LogP contribution in [0.2, 0.25) is 0 Å². The molecule has 1 aliphatic rings. The topological polar surface area (TPSA) is 74.2 Å². The molecule has 2 atom stereocenters. The molecule has 0 aromatic carbocycles. The Morgan fingerprint density at radius 1 is 1.53 bits per heavy atom. The number of aromatic nitrogens is 1. The Morgan fingerprint density at radius 2 is 2.33 bits per heavy atom. The van der Waals surface area contributed by atoms with Crippen LogP contribution in [0.15, 0.2) is 24.5 Å². The number of halogens is 1. The SMILES string of the molecule is Cl.O=C(O)C1CC(c2cccnc2)NN1. The Labute approximate surface area is 93.3 Å². The van der Waals surface area contributed by atoms with E-state index in [1.165, 1.54) is 0 Å². The number of carboxylic acid groups (broad SMARTS) is 1. The monoisotopic (exact) mass is 229 g/mol. The van der Waals surface area contributed by atoms with Crippen molar-refractivity contribution in [1.29, 1.82) is 0 Å². The van der Waals surface area contributed by atoms with Crippen molar-refractivity contribution in [2.75, 3.05) is 0 Å². The van der Waals surface area contributed by atoms with Crippen LogP contribution in [0, 0.1) is 0 Å². The summed E-state index contributed by atoms with van der Waals surface area (Å²) in [7, 11) is 0. The van der Waals surface area contributed by atoms with Gasteiger partial charge in [-0.3, -0.25) is 9.78 Å². The Hall–Kier alpha value is -1.17. The predicted molar refractivity (Wildman–Crippen MR) is 56.5 cm³/mol. The minimum Gasteiger partial charge on any atom is -0.480 e. The highest BCUT2D eigenvalue weighted by molar-refractivity contribution is 5.85. The lowest BCUT2D eigenvalue weighted by Gasteiger charge is -2.07. The van der Waals surface area contributed by atoms with E-state index in [0.717, 1.165) is 5.56 Å². The second-order valence-corrected chi connectivity index (χ2v) is 3.25. The lowest BCUT2D eigenvalue weighted by Crippen LogP contribution is -2.36. The molecular weight excluding hydrogens is 218 g/mol. The van der Waals surface area contributed by atoms with Crippen LogP contribution in [0.25, 0.3) is 0 Å². The summed E-state index contributed by atoms with van der Waals surface area (Å²) in [5.74, 6) is -0.830. The third kappa shape index (κ3) is 2.65. The predicted octanol–water partition coefficient (Wildman–Crippen LogP) is 0.496. The molecule has 0 saturated carbocycles. The first-order valence-corrected chi connectivity index (χ1v) is 4.41. The van der Waals surface area contributed by atoms with Gasteiger partial charge in [0, 0.05) is 18.4 Å². The lowest BCUT2D eigenvalue weighted by molar-refractivity contribution is -0.139. The molecule has 0 aliphatic carbocycles. The molecule has 82 valence electrons. The van der Waals surface area contributed by atoms with Gasteiger partial charge in [-0.2, -0.15) is 0 Å². The first-order valence-electron chi connectivity index (χ1n) is 4.41. The number of nitrogens with one attached hydrogen (secondary N) is 2. The van der Waals surface area contributed by atoms with Gasteiger partial charge in [-0.25, -0.2) is 10.9 Å². The number of carbonyl (C=O) groups is 1. The molecule has 5 nitrogen and oxygen atoms in total. The van der Waals surface area contributed by atoms with E-state index >= 15 is 0 Å². The summed E-state index contributed by atoms with van der Waals surface area (Å²) >= 11 is 0. The normalized spacial score (nSPS) is 24.5. The summed E-state index contributed by atoms with van der Waals surface area (Å²) in [5, 5.41) is 8.76. The molecule has 1 aliphatic heterocycles. The number of carboxylic acids is 1. The first-order chi connectivity index (χ1) is 6.77. The molecule has 15 heavy (non-hydrogen) atoms. The van der Waals surface area contributed by atoms with Gasteiger partial charge in [0.15, 0.2) is 0 Å². The molecule has 2 unspecified atom stereocenters. The molecule has 1 aromatic heterocycles. The summed E-state index contributed by atoms with van der Waals surface area (Å²) in [6.45, 7) is 0. The van der Waals surface area contributed by atoms with Crippen molar-refractivity contribution in [3.8, 4) is 0 Å². The fourth-order valence-electron chi connectivity index (χ4n) is 1.52. The van der Waals surface area contributed by atoms with Crippen LogP contribution in [0.4, 0.5) is 0 Å². The Kier molecular flexibility index (Phi) is 4.02. The van der Waals surface area contributed by atoms with Crippen molar-refractivity contribution in [3.63, 3.8) is 0 Å². The zero-order valence-electron chi connectivity index (χ0n) is 7.88. The maximum atomic E-state index is 10.7. The van der Waals surface area contributed by atoms with E-state index in [1.54, 1.807) is 12.4 Å². The highest BCUT2D eigenvalue weighted by Gasteiger charge is 2.29. The number of hydrogen-bond acceptors (Lipinski definition) is 4. The van der Waals surface area contributed by atoms with Crippen molar-refractivity contribution in [2.24, 2.45) is 0 Å². The van der Waals surface area contributed by atoms with Crippen molar-refractivity contribution in [3.05, 3.63) is 30.1 Å². The molecule has 2 heterocycles. The molecule has 6 heteroatoms.